The van der Waals surface area contributed by atoms with Crippen LogP contribution >= 0.6 is 0 Å². The second-order valence-electron chi connectivity index (χ2n) is 9.44. The van der Waals surface area contributed by atoms with Crippen LogP contribution < -0.4 is 4.72 Å². The topological polar surface area (TPSA) is 82.9 Å². The SMILES string of the molecule is CC(C)c1ccc(CN2CCN(C(=O)c3ccc(S(=O)(=O)NC(C)(C)C)o3)CC2)cc1. The molecule has 2 aromatic rings. The van der Waals surface area contributed by atoms with Gasteiger partial charge in [0.25, 0.3) is 15.9 Å². The number of hydrogen-bond donors (Lipinski definition) is 1. The van der Waals surface area contributed by atoms with E-state index in [2.05, 4.69) is 47.7 Å². The number of nitrogens with zero attached hydrogens (tertiary/aromatic N) is 2. The van der Waals surface area contributed by atoms with Gasteiger partial charge in [0.05, 0.1) is 0 Å². The number of hydrogen-bond acceptors (Lipinski definition) is 5. The smallest absolute Gasteiger partial charge is 0.289 e. The number of sulfonamides is 1. The van der Waals surface area contributed by atoms with Crippen LogP contribution in [0.1, 0.15) is 62.2 Å². The molecule has 1 aliphatic heterocycles. The second kappa shape index (κ2) is 9.14. The zero-order chi connectivity index (χ0) is 22.8. The first-order valence-corrected chi connectivity index (χ1v) is 12.2. The Morgan fingerprint density at radius 2 is 1.65 bits per heavy atom. The summed E-state index contributed by atoms with van der Waals surface area (Å²) in [5.74, 6) is 0.287. The molecule has 0 atom stereocenters. The molecule has 1 fully saturated rings. The fraction of sp³-hybridized carbons (Fsp3) is 0.522. The average Bonchev–Trinajstić information content (AvgIpc) is 3.18. The first-order valence-electron chi connectivity index (χ1n) is 10.7. The zero-order valence-electron chi connectivity index (χ0n) is 19.0. The quantitative estimate of drug-likeness (QED) is 0.734. The molecule has 1 N–H and O–H groups in total. The molecular formula is C23H33N3O4S. The van der Waals surface area contributed by atoms with E-state index in [9.17, 15) is 13.2 Å². The minimum absolute atomic E-state index is 0.0482. The first kappa shape index (κ1) is 23.5. The fourth-order valence-electron chi connectivity index (χ4n) is 3.56. The molecular weight excluding hydrogens is 414 g/mol. The van der Waals surface area contributed by atoms with Gasteiger partial charge in [0.2, 0.25) is 5.09 Å². The largest absolute Gasteiger partial charge is 0.438 e. The van der Waals surface area contributed by atoms with Gasteiger partial charge in [-0.3, -0.25) is 9.69 Å². The van der Waals surface area contributed by atoms with Crippen LogP contribution in [0.15, 0.2) is 45.9 Å². The highest BCUT2D eigenvalue weighted by atomic mass is 32.2. The van der Waals surface area contributed by atoms with Gasteiger partial charge in [-0.25, -0.2) is 13.1 Å². The molecule has 1 saturated heterocycles. The number of benzene rings is 1. The van der Waals surface area contributed by atoms with Crippen molar-refractivity contribution in [2.24, 2.45) is 0 Å². The average molecular weight is 448 g/mol. The van der Waals surface area contributed by atoms with Gasteiger partial charge in [-0.1, -0.05) is 38.1 Å². The Labute approximate surface area is 185 Å². The standard InChI is InChI=1S/C23H33N3O4S/c1-17(2)19-8-6-18(7-9-19)16-25-12-14-26(15-13-25)22(27)20-10-11-21(30-20)31(28,29)24-23(3,4)5/h6-11,17,24H,12-16H2,1-5H3. The molecule has 8 heteroatoms. The lowest BCUT2D eigenvalue weighted by atomic mass is 10.0. The number of furan rings is 1. The Kier molecular flexibility index (Phi) is 6.93. The van der Waals surface area contributed by atoms with Crippen LogP contribution in [0.25, 0.3) is 0 Å². The lowest BCUT2D eigenvalue weighted by Gasteiger charge is -2.34. The Hall–Kier alpha value is -2.16. The molecule has 170 valence electrons. The summed E-state index contributed by atoms with van der Waals surface area (Å²) in [5, 5.41) is -0.241. The molecule has 7 nitrogen and oxygen atoms in total. The van der Waals surface area contributed by atoms with Crippen LogP contribution in [0, 0.1) is 0 Å². The van der Waals surface area contributed by atoms with Gasteiger partial charge in [-0.2, -0.15) is 0 Å². The number of nitrogens with one attached hydrogen (secondary N) is 1. The van der Waals surface area contributed by atoms with E-state index >= 15 is 0 Å². The van der Waals surface area contributed by atoms with Crippen molar-refractivity contribution in [2.75, 3.05) is 26.2 Å². The maximum absolute atomic E-state index is 12.8. The Morgan fingerprint density at radius 1 is 1.03 bits per heavy atom. The monoisotopic (exact) mass is 447 g/mol. The zero-order valence-corrected chi connectivity index (χ0v) is 19.8. The van der Waals surface area contributed by atoms with E-state index in [-0.39, 0.29) is 16.8 Å². The van der Waals surface area contributed by atoms with Crippen molar-refractivity contribution in [2.45, 2.75) is 57.7 Å². The molecule has 2 heterocycles. The highest BCUT2D eigenvalue weighted by Gasteiger charge is 2.28. The number of carbonyl (C=O) groups excluding carboxylic acids is 1. The molecule has 1 aromatic heterocycles. The number of rotatable bonds is 6. The molecule has 0 radical (unpaired) electrons. The third kappa shape index (κ3) is 6.18. The molecule has 1 aliphatic rings. The summed E-state index contributed by atoms with van der Waals surface area (Å²) < 4.78 is 32.7. The van der Waals surface area contributed by atoms with E-state index in [1.165, 1.54) is 23.3 Å². The van der Waals surface area contributed by atoms with E-state index in [0.29, 0.717) is 19.0 Å². The van der Waals surface area contributed by atoms with Gasteiger partial charge in [0.15, 0.2) is 5.76 Å². The Balaban J connectivity index is 1.56. The summed E-state index contributed by atoms with van der Waals surface area (Å²) in [7, 11) is -3.81. The van der Waals surface area contributed by atoms with Crippen molar-refractivity contribution in [3.63, 3.8) is 0 Å². The predicted molar refractivity (Wildman–Crippen MR) is 120 cm³/mol. The van der Waals surface area contributed by atoms with Gasteiger partial charge in [-0.15, -0.1) is 0 Å². The van der Waals surface area contributed by atoms with E-state index in [1.54, 1.807) is 25.7 Å². The minimum atomic E-state index is -3.81. The lowest BCUT2D eigenvalue weighted by Crippen LogP contribution is -2.48. The van der Waals surface area contributed by atoms with Gasteiger partial charge < -0.3 is 9.32 Å². The van der Waals surface area contributed by atoms with Crippen LogP contribution in [-0.2, 0) is 16.6 Å². The third-order valence-corrected chi connectivity index (χ3v) is 6.84. The highest BCUT2D eigenvalue weighted by molar-refractivity contribution is 7.89. The molecule has 0 bridgehead atoms. The molecule has 0 unspecified atom stereocenters. The molecule has 0 aliphatic carbocycles. The van der Waals surface area contributed by atoms with Crippen molar-refractivity contribution in [1.29, 1.82) is 0 Å². The van der Waals surface area contributed by atoms with Gasteiger partial charge >= 0.3 is 0 Å². The van der Waals surface area contributed by atoms with Crippen LogP contribution in [-0.4, -0.2) is 55.8 Å². The molecule has 3 rings (SSSR count). The van der Waals surface area contributed by atoms with Crippen LogP contribution in [0.3, 0.4) is 0 Å². The summed E-state index contributed by atoms with van der Waals surface area (Å²) in [5.41, 5.74) is 1.95. The summed E-state index contributed by atoms with van der Waals surface area (Å²) in [6, 6.07) is 11.5. The number of carbonyl (C=O) groups is 1. The van der Waals surface area contributed by atoms with Crippen molar-refractivity contribution in [3.05, 3.63) is 53.3 Å². The first-order chi connectivity index (χ1) is 14.4. The second-order valence-corrected chi connectivity index (χ2v) is 11.1. The highest BCUT2D eigenvalue weighted by Crippen LogP contribution is 2.19. The van der Waals surface area contributed by atoms with E-state index < -0.39 is 15.6 Å². The minimum Gasteiger partial charge on any atom is -0.438 e. The molecule has 31 heavy (non-hydrogen) atoms. The molecule has 0 spiro atoms. The van der Waals surface area contributed by atoms with Crippen LogP contribution in [0.2, 0.25) is 0 Å². The number of amides is 1. The summed E-state index contributed by atoms with van der Waals surface area (Å²) >= 11 is 0. The molecule has 0 saturated carbocycles. The maximum atomic E-state index is 12.8. The maximum Gasteiger partial charge on any atom is 0.289 e. The van der Waals surface area contributed by atoms with E-state index in [0.717, 1.165) is 19.6 Å². The van der Waals surface area contributed by atoms with Gasteiger partial charge in [-0.05, 0) is 49.9 Å². The molecule has 1 aromatic carbocycles. The van der Waals surface area contributed by atoms with E-state index in [1.807, 2.05) is 0 Å². The Morgan fingerprint density at radius 3 is 2.19 bits per heavy atom. The predicted octanol–water partition coefficient (Wildman–Crippen LogP) is 3.44. The normalized spacial score (nSPS) is 16.1. The number of piperazine rings is 1. The lowest BCUT2D eigenvalue weighted by molar-refractivity contribution is 0.0592. The van der Waals surface area contributed by atoms with Crippen LogP contribution in [0.5, 0.6) is 0 Å². The van der Waals surface area contributed by atoms with Gasteiger partial charge in [0, 0.05) is 38.3 Å². The van der Waals surface area contributed by atoms with Crippen molar-refractivity contribution >= 4 is 15.9 Å². The van der Waals surface area contributed by atoms with Crippen molar-refractivity contribution in [1.82, 2.24) is 14.5 Å². The fourth-order valence-corrected chi connectivity index (χ4v) is 4.92. The van der Waals surface area contributed by atoms with Crippen LogP contribution in [0.4, 0.5) is 0 Å². The van der Waals surface area contributed by atoms with Gasteiger partial charge in [0.1, 0.15) is 0 Å². The summed E-state index contributed by atoms with van der Waals surface area (Å²) in [4.78, 5) is 16.8. The third-order valence-electron chi connectivity index (χ3n) is 5.21. The van der Waals surface area contributed by atoms with E-state index in [4.69, 9.17) is 4.42 Å². The van der Waals surface area contributed by atoms with Crippen molar-refractivity contribution < 1.29 is 17.6 Å². The Bertz CT molecular complexity index is 996. The molecule has 1 amide bonds. The summed E-state index contributed by atoms with van der Waals surface area (Å²) in [6.45, 7) is 13.1. The summed E-state index contributed by atoms with van der Waals surface area (Å²) in [6.07, 6.45) is 0. The van der Waals surface area contributed by atoms with Crippen molar-refractivity contribution in [3.8, 4) is 0 Å².